The first-order valence-electron chi connectivity index (χ1n) is 8.66. The van der Waals surface area contributed by atoms with Crippen LogP contribution in [0.15, 0.2) is 24.3 Å². The number of carboxylic acid groups (broad SMARTS) is 1. The van der Waals surface area contributed by atoms with Crippen LogP contribution in [0.2, 0.25) is 0 Å². The third-order valence-electron chi connectivity index (χ3n) is 4.38. The Morgan fingerprint density at radius 3 is 2.48 bits per heavy atom. The van der Waals surface area contributed by atoms with E-state index >= 15 is 0 Å². The number of rotatable bonds is 9. The summed E-state index contributed by atoms with van der Waals surface area (Å²) >= 11 is 0. The fourth-order valence-electron chi connectivity index (χ4n) is 2.96. The van der Waals surface area contributed by atoms with Crippen LogP contribution >= 0.6 is 0 Å². The van der Waals surface area contributed by atoms with Gasteiger partial charge in [-0.25, -0.2) is 4.39 Å². The molecule has 0 aromatic heterocycles. The number of carbonyl (C=O) groups is 2. The molecule has 1 fully saturated rings. The van der Waals surface area contributed by atoms with Gasteiger partial charge in [0, 0.05) is 13.1 Å². The first kappa shape index (κ1) is 21.0. The number of benzene rings is 1. The van der Waals surface area contributed by atoms with E-state index in [1.807, 2.05) is 0 Å². The van der Waals surface area contributed by atoms with Crippen LogP contribution in [-0.2, 0) is 20.7 Å². The van der Waals surface area contributed by atoms with E-state index in [0.717, 1.165) is 0 Å². The normalized spacial score (nSPS) is 16.8. The standard InChI is InChI=1S/C18H22F3NO5/c19-15(16(23)22-8-10-26-11-9-22)13(17(24)25)6-3-5-12-4-1-2-7-14(12)27-18(20)21/h1-2,4,7,13,15,18H,3,5-6,8-11H2,(H,24,25)/t13-,15-/m1/s1. The smallest absolute Gasteiger partial charge is 0.387 e. The monoisotopic (exact) mass is 389 g/mol. The highest BCUT2D eigenvalue weighted by Gasteiger charge is 2.36. The molecule has 0 unspecified atom stereocenters. The number of amides is 1. The van der Waals surface area contributed by atoms with E-state index in [9.17, 15) is 27.9 Å². The lowest BCUT2D eigenvalue weighted by Gasteiger charge is -2.29. The van der Waals surface area contributed by atoms with Gasteiger partial charge in [-0.05, 0) is 30.9 Å². The van der Waals surface area contributed by atoms with Crippen LogP contribution < -0.4 is 4.74 Å². The number of ether oxygens (including phenoxy) is 2. The number of aliphatic carboxylic acids is 1. The number of morpholine rings is 1. The second-order valence-corrected chi connectivity index (χ2v) is 6.16. The van der Waals surface area contributed by atoms with E-state index in [1.165, 1.54) is 11.0 Å². The first-order chi connectivity index (χ1) is 12.9. The zero-order valence-electron chi connectivity index (χ0n) is 14.7. The molecule has 1 heterocycles. The summed E-state index contributed by atoms with van der Waals surface area (Å²) in [4.78, 5) is 24.9. The molecule has 0 radical (unpaired) electrons. The molecule has 1 aliphatic heterocycles. The van der Waals surface area contributed by atoms with Gasteiger partial charge in [0.25, 0.3) is 5.91 Å². The van der Waals surface area contributed by atoms with Crippen LogP contribution in [0.5, 0.6) is 5.75 Å². The van der Waals surface area contributed by atoms with E-state index in [1.54, 1.807) is 18.2 Å². The molecule has 2 atom stereocenters. The second kappa shape index (κ2) is 10.1. The largest absolute Gasteiger partial charge is 0.481 e. The molecule has 1 N–H and O–H groups in total. The minimum atomic E-state index is -2.97. The molecule has 1 amide bonds. The van der Waals surface area contributed by atoms with E-state index in [-0.39, 0.29) is 51.3 Å². The predicted octanol–water partition coefficient (Wildman–Crippen LogP) is 2.51. The molecule has 0 saturated carbocycles. The van der Waals surface area contributed by atoms with Gasteiger partial charge in [-0.3, -0.25) is 9.59 Å². The quantitative estimate of drug-likeness (QED) is 0.702. The Hall–Kier alpha value is -2.29. The fourth-order valence-corrected chi connectivity index (χ4v) is 2.96. The van der Waals surface area contributed by atoms with Gasteiger partial charge >= 0.3 is 12.6 Å². The molecular formula is C18H22F3NO5. The number of hydrogen-bond acceptors (Lipinski definition) is 4. The minimum Gasteiger partial charge on any atom is -0.481 e. The highest BCUT2D eigenvalue weighted by atomic mass is 19.3. The van der Waals surface area contributed by atoms with Crippen molar-refractivity contribution in [1.82, 2.24) is 4.90 Å². The molecule has 1 aromatic rings. The van der Waals surface area contributed by atoms with Gasteiger partial charge in [-0.15, -0.1) is 0 Å². The molecule has 0 spiro atoms. The summed E-state index contributed by atoms with van der Waals surface area (Å²) in [6.07, 6.45) is -1.83. The SMILES string of the molecule is O=C(O)[C@H](CCCc1ccccc1OC(F)F)[C@@H](F)C(=O)N1CCOCC1. The summed E-state index contributed by atoms with van der Waals surface area (Å²) in [5, 5.41) is 9.30. The van der Waals surface area contributed by atoms with Crippen molar-refractivity contribution in [2.75, 3.05) is 26.3 Å². The number of carbonyl (C=O) groups excluding carboxylic acids is 1. The number of carboxylic acids is 1. The van der Waals surface area contributed by atoms with Crippen molar-refractivity contribution in [3.8, 4) is 5.75 Å². The van der Waals surface area contributed by atoms with Gasteiger partial charge in [0.15, 0.2) is 6.17 Å². The molecule has 0 aliphatic carbocycles. The summed E-state index contributed by atoms with van der Waals surface area (Å²) in [6, 6.07) is 6.15. The number of hydrogen-bond donors (Lipinski definition) is 1. The van der Waals surface area contributed by atoms with Crippen molar-refractivity contribution >= 4 is 11.9 Å². The maximum atomic E-state index is 14.5. The van der Waals surface area contributed by atoms with E-state index in [4.69, 9.17) is 4.74 Å². The average Bonchev–Trinajstić information content (AvgIpc) is 2.65. The molecule has 9 heteroatoms. The van der Waals surface area contributed by atoms with Crippen LogP contribution in [0.25, 0.3) is 0 Å². The van der Waals surface area contributed by atoms with Crippen LogP contribution in [-0.4, -0.2) is 61.0 Å². The summed E-state index contributed by atoms with van der Waals surface area (Å²) < 4.78 is 48.9. The summed E-state index contributed by atoms with van der Waals surface area (Å²) in [7, 11) is 0. The molecule has 1 aromatic carbocycles. The molecule has 2 rings (SSSR count). The Kier molecular flexibility index (Phi) is 7.90. The van der Waals surface area contributed by atoms with Crippen LogP contribution in [0, 0.1) is 5.92 Å². The van der Waals surface area contributed by atoms with Gasteiger partial charge in [0.1, 0.15) is 5.75 Å². The van der Waals surface area contributed by atoms with E-state index < -0.39 is 30.6 Å². The molecule has 6 nitrogen and oxygen atoms in total. The Balaban J connectivity index is 1.94. The van der Waals surface area contributed by atoms with Gasteiger partial charge < -0.3 is 19.5 Å². The number of alkyl halides is 3. The summed E-state index contributed by atoms with van der Waals surface area (Å²) in [5.74, 6) is -3.75. The molecule has 0 bridgehead atoms. The average molecular weight is 389 g/mol. The molecule has 27 heavy (non-hydrogen) atoms. The van der Waals surface area contributed by atoms with Crippen LogP contribution in [0.3, 0.4) is 0 Å². The molecular weight excluding hydrogens is 367 g/mol. The zero-order chi connectivity index (χ0) is 19.8. The number of aryl methyl sites for hydroxylation is 1. The van der Waals surface area contributed by atoms with E-state index in [2.05, 4.69) is 4.74 Å². The Labute approximate surface area is 154 Å². The molecule has 150 valence electrons. The van der Waals surface area contributed by atoms with Crippen molar-refractivity contribution in [3.63, 3.8) is 0 Å². The topological polar surface area (TPSA) is 76.1 Å². The third-order valence-corrected chi connectivity index (χ3v) is 4.38. The lowest BCUT2D eigenvalue weighted by atomic mass is 9.94. The van der Waals surface area contributed by atoms with Crippen molar-refractivity contribution in [2.45, 2.75) is 32.0 Å². The van der Waals surface area contributed by atoms with Crippen molar-refractivity contribution in [1.29, 1.82) is 0 Å². The maximum absolute atomic E-state index is 14.5. The first-order valence-corrected chi connectivity index (χ1v) is 8.66. The fraction of sp³-hybridized carbons (Fsp3) is 0.556. The lowest BCUT2D eigenvalue weighted by molar-refractivity contribution is -0.153. The van der Waals surface area contributed by atoms with E-state index in [0.29, 0.717) is 5.56 Å². The maximum Gasteiger partial charge on any atom is 0.387 e. The Bertz CT molecular complexity index is 637. The van der Waals surface area contributed by atoms with Crippen molar-refractivity contribution < 1.29 is 37.3 Å². The van der Waals surface area contributed by atoms with Gasteiger partial charge in [-0.2, -0.15) is 8.78 Å². The Morgan fingerprint density at radius 1 is 1.19 bits per heavy atom. The third kappa shape index (κ3) is 6.13. The summed E-state index contributed by atoms with van der Waals surface area (Å²) in [5.41, 5.74) is 0.469. The number of para-hydroxylation sites is 1. The van der Waals surface area contributed by atoms with Gasteiger partial charge in [-0.1, -0.05) is 18.2 Å². The lowest BCUT2D eigenvalue weighted by Crippen LogP contribution is -2.47. The van der Waals surface area contributed by atoms with Gasteiger partial charge in [0.2, 0.25) is 0 Å². The predicted molar refractivity (Wildman–Crippen MR) is 89.4 cm³/mol. The highest BCUT2D eigenvalue weighted by molar-refractivity contribution is 5.86. The van der Waals surface area contributed by atoms with Crippen LogP contribution in [0.1, 0.15) is 18.4 Å². The van der Waals surface area contributed by atoms with Crippen LogP contribution in [0.4, 0.5) is 13.2 Å². The second-order valence-electron chi connectivity index (χ2n) is 6.16. The summed E-state index contributed by atoms with van der Waals surface area (Å²) in [6.45, 7) is -1.94. The minimum absolute atomic E-state index is 0.000525. The zero-order valence-corrected chi connectivity index (χ0v) is 14.7. The number of nitrogens with zero attached hydrogens (tertiary/aromatic N) is 1. The van der Waals surface area contributed by atoms with Gasteiger partial charge in [0.05, 0.1) is 19.1 Å². The Morgan fingerprint density at radius 2 is 1.85 bits per heavy atom. The van der Waals surface area contributed by atoms with Crippen molar-refractivity contribution in [3.05, 3.63) is 29.8 Å². The molecule has 1 aliphatic rings. The highest BCUT2D eigenvalue weighted by Crippen LogP contribution is 2.25. The number of halogens is 3. The molecule has 1 saturated heterocycles. The van der Waals surface area contributed by atoms with Crippen molar-refractivity contribution in [2.24, 2.45) is 5.92 Å².